The van der Waals surface area contributed by atoms with E-state index in [9.17, 15) is 122 Å². The van der Waals surface area contributed by atoms with E-state index in [-0.39, 0.29) is 130 Å². The monoisotopic (exact) mass is 2040 g/mol. The molecule has 5 aliphatic carbocycles. The first kappa shape index (κ1) is 102. The van der Waals surface area contributed by atoms with Gasteiger partial charge >= 0.3 is 71.8 Å². The molecule has 0 spiro atoms. The second-order valence-electron chi connectivity index (χ2n) is 36.7. The van der Waals surface area contributed by atoms with Crippen molar-refractivity contribution in [1.29, 1.82) is 0 Å². The fourth-order valence-corrected chi connectivity index (χ4v) is 19.1. The topological polar surface area (TPSA) is 284 Å². The molecule has 20 rings (SSSR count). The molecule has 7 atom stereocenters. The highest BCUT2D eigenvalue weighted by atomic mass is 19.3. The lowest BCUT2D eigenvalue weighted by Crippen LogP contribution is -2.64. The molecule has 4 amide bonds. The number of halogens is 19. The lowest BCUT2D eigenvalue weighted by molar-refractivity contribution is -0.330. The maximum absolute atomic E-state index is 13.7. The van der Waals surface area contributed by atoms with E-state index in [1.54, 1.807) is 78.1 Å². The van der Waals surface area contributed by atoms with E-state index >= 15 is 0 Å². The Labute approximate surface area is 811 Å². The van der Waals surface area contributed by atoms with Crippen molar-refractivity contribution in [3.63, 3.8) is 0 Å². The van der Waals surface area contributed by atoms with Crippen LogP contribution in [0, 0.1) is 51.1 Å². The van der Waals surface area contributed by atoms with Crippen LogP contribution in [-0.2, 0) is 70.8 Å². The maximum Gasteiger partial charge on any atom is 0.410 e. The number of rotatable bonds is 16. The van der Waals surface area contributed by atoms with Gasteiger partial charge in [0.05, 0.1) is 98.1 Å². The van der Waals surface area contributed by atoms with Gasteiger partial charge in [-0.1, -0.05) is 116 Å². The number of alkyl halides is 16. The number of fused-ring (bicyclic) bond motifs is 4. The number of hydrogen-bond acceptors (Lipinski definition) is 18. The third-order valence-corrected chi connectivity index (χ3v) is 27.5. The molecule has 4 aliphatic heterocycles. The van der Waals surface area contributed by atoms with Crippen molar-refractivity contribution in [3.05, 3.63) is 349 Å². The van der Waals surface area contributed by atoms with E-state index in [2.05, 4.69) is 48.9 Å². The minimum atomic E-state index is -4.45. The zero-order chi connectivity index (χ0) is 104. The predicted octanol–water partition coefficient (Wildman–Crippen LogP) is 17.9. The van der Waals surface area contributed by atoms with Gasteiger partial charge in [-0.2, -0.15) is 70.2 Å². The molecule has 145 heavy (non-hydrogen) atoms. The van der Waals surface area contributed by atoms with E-state index in [1.165, 1.54) is 65.2 Å². The smallest absolute Gasteiger partial charge is 0.410 e. The first-order chi connectivity index (χ1) is 68.6. The van der Waals surface area contributed by atoms with Crippen molar-refractivity contribution in [3.8, 4) is 0 Å². The molecular weight excluding hydrogens is 1950 g/mol. The highest BCUT2D eigenvalue weighted by molar-refractivity contribution is 5.71. The average molecular weight is 2040 g/mol. The molecule has 0 saturated heterocycles. The van der Waals surface area contributed by atoms with Crippen molar-refractivity contribution in [2.45, 2.75) is 220 Å². The van der Waals surface area contributed by atoms with Crippen LogP contribution in [0.15, 0.2) is 201 Å². The van der Waals surface area contributed by atoms with E-state index in [0.29, 0.717) is 73.8 Å². The number of aromatic nitrogens is 10. The Kier molecular flexibility index (Phi) is 27.7. The van der Waals surface area contributed by atoms with Crippen molar-refractivity contribution in [2.75, 3.05) is 26.2 Å². The summed E-state index contributed by atoms with van der Waals surface area (Å²) in [7, 11) is 0. The Bertz CT molecular complexity index is 6670. The van der Waals surface area contributed by atoms with Crippen molar-refractivity contribution in [1.82, 2.24) is 67.8 Å². The Morgan fingerprint density at radius 3 is 0.814 bits per heavy atom. The van der Waals surface area contributed by atoms with Crippen LogP contribution < -0.4 is 22.2 Å². The Morgan fingerprint density at radius 1 is 0.317 bits per heavy atom. The molecule has 26 nitrogen and oxygen atoms in total. The number of carbonyl (C=O) groups is 4. The highest BCUT2D eigenvalue weighted by Crippen LogP contribution is 2.57. The normalized spacial score (nSPS) is 21.1. The Balaban J connectivity index is 0.000000132. The minimum absolute atomic E-state index is 0.0000885. The summed E-state index contributed by atoms with van der Waals surface area (Å²) < 4.78 is 278. The number of benzene rings is 5. The van der Waals surface area contributed by atoms with Gasteiger partial charge in [0.25, 0.3) is 22.2 Å². The van der Waals surface area contributed by atoms with Crippen LogP contribution in [-0.4, -0.2) is 190 Å². The molecule has 6 aromatic heterocycles. The van der Waals surface area contributed by atoms with Gasteiger partial charge in [-0.05, 0) is 161 Å². The lowest BCUT2D eigenvalue weighted by Gasteiger charge is -2.43. The first-order valence-corrected chi connectivity index (χ1v) is 46.0. The summed E-state index contributed by atoms with van der Waals surface area (Å²) >= 11 is 0. The SMILES string of the molecule is Cc1nc2c(c(=O)n1C(c1ccc(F)cc1)C1CCC1)CCN(C(=O)OC1CC(F)(F)C1(F)F)C2.Cc1nc2c(c(=O)n1C(c1ccc(F)cc1)c1ccc(F)cc1)CCN(C(=O)OC1CC(F)(F)C1(F)F)C2.Cc1nc2c(c(=O)n1C(c1ccccc1)c1ccccn1)CCN(C(=O)OC1CC(F)(F)C1(F)F)C2.Cc1nc2c(c(=O)n1C(c1ccccc1)c1ccccn1)CCN(C(=O)OC1CC(F)(F)C1(F)F)C2. The molecule has 45 heteroatoms. The maximum atomic E-state index is 13.7. The average Bonchev–Trinajstić information content (AvgIpc) is 0.761. The third kappa shape index (κ3) is 19.4. The molecule has 10 heterocycles. The van der Waals surface area contributed by atoms with Crippen LogP contribution >= 0.6 is 0 Å². The number of pyridine rings is 2. The molecule has 0 bridgehead atoms. The van der Waals surface area contributed by atoms with Gasteiger partial charge in [0.15, 0.2) is 24.4 Å². The second-order valence-corrected chi connectivity index (χ2v) is 36.7. The van der Waals surface area contributed by atoms with Crippen LogP contribution in [0.2, 0.25) is 0 Å². The van der Waals surface area contributed by atoms with Gasteiger partial charge < -0.3 is 38.5 Å². The number of aryl methyl sites for hydroxylation is 4. The Morgan fingerprint density at radius 2 is 0.566 bits per heavy atom. The fraction of sp³-hybridized carbons (Fsp3) is 0.400. The first-order valence-electron chi connectivity index (χ1n) is 46.0. The summed E-state index contributed by atoms with van der Waals surface area (Å²) in [4.78, 5) is 136. The molecule has 5 fully saturated rings. The molecule has 5 saturated carbocycles. The van der Waals surface area contributed by atoms with Gasteiger partial charge in [0, 0.05) is 60.8 Å². The highest BCUT2D eigenvalue weighted by Gasteiger charge is 2.77. The molecular formula is C100H89F19N14O12. The quantitative estimate of drug-likeness (QED) is 0.0641. The molecule has 5 aromatic carbocycles. The van der Waals surface area contributed by atoms with Crippen LogP contribution in [0.5, 0.6) is 0 Å². The fourth-order valence-electron chi connectivity index (χ4n) is 19.1. The molecule has 11 aromatic rings. The standard InChI is InChI=1S/C26H21F6N3O3.2C25H22F4N4O3.C24H24F5N3O3/c1-14-33-20-13-34(24(37)38-21-12-25(29,30)26(21,31)32)11-10-19(20)23(36)35(14)22(15-2-6-17(27)7-3-15)16-4-8-18(28)9-5-16;2*1-15-31-19-14-32(23(35)36-20-13-24(26,27)25(20,28)29)12-10-17(19)22(34)33(15)21(16-7-3-2-4-8-16)18-9-5-6-11-30-18;1-13-30-18-12-31(22(34)35-19-11-23(26,27)24(19,28)29)10-9-17(18)21(33)32(13)20(14-3-2-4-14)15-5-7-16(25)8-6-15/h2-9,21-22H,10-13H2,1H3;2*2-9,11,20-21H,10,12-14H2,1H3;5-8,14,19-20H,2-4,9-12H2,1H3. The summed E-state index contributed by atoms with van der Waals surface area (Å²) in [6, 6.07) is 44.5. The van der Waals surface area contributed by atoms with E-state index < -0.39 is 157 Å². The van der Waals surface area contributed by atoms with Crippen LogP contribution in [0.25, 0.3) is 0 Å². The third-order valence-electron chi connectivity index (χ3n) is 27.5. The summed E-state index contributed by atoms with van der Waals surface area (Å²) in [6.45, 7) is 5.77. The molecule has 764 valence electrons. The van der Waals surface area contributed by atoms with Crippen molar-refractivity contribution < 1.29 is 122 Å². The molecule has 0 radical (unpaired) electrons. The van der Waals surface area contributed by atoms with Gasteiger partial charge in [-0.25, -0.2) is 52.3 Å². The Hall–Kier alpha value is -14.3. The van der Waals surface area contributed by atoms with Gasteiger partial charge in [-0.15, -0.1) is 0 Å². The van der Waals surface area contributed by atoms with E-state index in [1.807, 2.05) is 84.9 Å². The van der Waals surface area contributed by atoms with Crippen LogP contribution in [0.1, 0.15) is 177 Å². The summed E-state index contributed by atoms with van der Waals surface area (Å²) in [5, 5.41) is 0. The summed E-state index contributed by atoms with van der Waals surface area (Å²) in [6.07, 6.45) is -11.9. The zero-order valence-electron chi connectivity index (χ0n) is 77.3. The minimum Gasteiger partial charge on any atom is -0.439 e. The van der Waals surface area contributed by atoms with Crippen molar-refractivity contribution >= 4 is 24.4 Å². The van der Waals surface area contributed by atoms with Gasteiger partial charge in [0.1, 0.15) is 52.8 Å². The number of hydrogen-bond donors (Lipinski definition) is 0. The predicted molar refractivity (Wildman–Crippen MR) is 476 cm³/mol. The van der Waals surface area contributed by atoms with Gasteiger partial charge in [-0.3, -0.25) is 47.4 Å². The number of ether oxygens (including phenoxy) is 4. The summed E-state index contributed by atoms with van der Waals surface area (Å²) in [5.41, 5.74) is 6.21. The number of amides is 4. The van der Waals surface area contributed by atoms with Crippen LogP contribution in [0.3, 0.4) is 0 Å². The van der Waals surface area contributed by atoms with E-state index in [4.69, 9.17) is 0 Å². The largest absolute Gasteiger partial charge is 0.439 e. The lowest BCUT2D eigenvalue weighted by atomic mass is 9.77. The van der Waals surface area contributed by atoms with Crippen LogP contribution in [0.4, 0.5) is 103 Å². The van der Waals surface area contributed by atoms with E-state index in [0.717, 1.165) is 55.6 Å². The summed E-state index contributed by atoms with van der Waals surface area (Å²) in [5.74, 6) is -34.2. The number of nitrogens with zero attached hydrogens (tertiary/aromatic N) is 14. The second kappa shape index (κ2) is 39.3. The van der Waals surface area contributed by atoms with Gasteiger partial charge in [0.2, 0.25) is 0 Å². The molecule has 0 N–H and O–H groups in total. The zero-order valence-corrected chi connectivity index (χ0v) is 77.3. The molecule has 7 unspecified atom stereocenters. The van der Waals surface area contributed by atoms with Crippen molar-refractivity contribution in [2.24, 2.45) is 5.92 Å². The number of carbonyl (C=O) groups excluding carboxylic acids is 4. The molecule has 9 aliphatic rings.